The first-order chi connectivity index (χ1) is 5.70. The van der Waals surface area contributed by atoms with Crippen LogP contribution in [0.25, 0.3) is 0 Å². The number of hydrogen-bond acceptors (Lipinski definition) is 3. The molecule has 62 valence electrons. The monoisotopic (exact) mass is 183 g/mol. The summed E-state index contributed by atoms with van der Waals surface area (Å²) in [6, 6.07) is 4.59. The first kappa shape index (κ1) is 8.88. The Balaban J connectivity index is 3.36. The second kappa shape index (κ2) is 3.46. The lowest BCUT2D eigenvalue weighted by atomic mass is 10.2. The summed E-state index contributed by atoms with van der Waals surface area (Å²) < 4.78 is 17.9. The minimum Gasteiger partial charge on any atom is -0.492 e. The van der Waals surface area contributed by atoms with Crippen LogP contribution in [0.2, 0.25) is 0 Å². The Hall–Kier alpha value is -1.21. The van der Waals surface area contributed by atoms with Crippen molar-refractivity contribution in [3.63, 3.8) is 0 Å². The zero-order valence-corrected chi connectivity index (χ0v) is 7.23. The predicted molar refractivity (Wildman–Crippen MR) is 44.9 cm³/mol. The molecule has 0 amide bonds. The van der Waals surface area contributed by atoms with Crippen LogP contribution in [0.15, 0.2) is 17.0 Å². The number of nitriles is 1. The van der Waals surface area contributed by atoms with Gasteiger partial charge in [0.15, 0.2) is 11.6 Å². The molecular weight excluding hydrogens is 177 g/mol. The Bertz CT molecular complexity index is 346. The van der Waals surface area contributed by atoms with Gasteiger partial charge in [-0.2, -0.15) is 5.26 Å². The highest BCUT2D eigenvalue weighted by atomic mass is 32.1. The molecule has 1 aromatic carbocycles. The molecule has 0 aromatic heterocycles. The molecule has 0 saturated heterocycles. The largest absolute Gasteiger partial charge is 0.492 e. The zero-order chi connectivity index (χ0) is 9.14. The Morgan fingerprint density at radius 2 is 2.25 bits per heavy atom. The molecule has 0 fully saturated rings. The van der Waals surface area contributed by atoms with Gasteiger partial charge in [0.25, 0.3) is 0 Å². The van der Waals surface area contributed by atoms with Gasteiger partial charge in [0.2, 0.25) is 0 Å². The second-order valence-corrected chi connectivity index (χ2v) is 2.57. The van der Waals surface area contributed by atoms with E-state index in [2.05, 4.69) is 12.6 Å². The quantitative estimate of drug-likeness (QED) is 0.675. The molecule has 0 radical (unpaired) electrons. The van der Waals surface area contributed by atoms with Crippen LogP contribution < -0.4 is 4.74 Å². The number of rotatable bonds is 1. The van der Waals surface area contributed by atoms with Gasteiger partial charge in [-0.15, -0.1) is 12.6 Å². The lowest BCUT2D eigenvalue weighted by molar-refractivity contribution is 0.376. The van der Waals surface area contributed by atoms with Crippen molar-refractivity contribution < 1.29 is 9.13 Å². The molecule has 0 unspecified atom stereocenters. The smallest absolute Gasteiger partial charge is 0.183 e. The fraction of sp³-hybridized carbons (Fsp3) is 0.125. The van der Waals surface area contributed by atoms with Crippen molar-refractivity contribution in [3.05, 3.63) is 23.5 Å². The average Bonchev–Trinajstić information content (AvgIpc) is 2.06. The molecule has 1 rings (SSSR count). The lowest BCUT2D eigenvalue weighted by Crippen LogP contribution is -1.92. The van der Waals surface area contributed by atoms with Gasteiger partial charge in [-0.1, -0.05) is 0 Å². The summed E-state index contributed by atoms with van der Waals surface area (Å²) in [5, 5.41) is 8.46. The summed E-state index contributed by atoms with van der Waals surface area (Å²) in [4.78, 5) is 0.383. The summed E-state index contributed by atoms with van der Waals surface area (Å²) in [5.41, 5.74) is -0.0374. The van der Waals surface area contributed by atoms with Crippen LogP contribution in [0.1, 0.15) is 5.56 Å². The molecule has 0 heterocycles. The fourth-order valence-corrected chi connectivity index (χ4v) is 1.09. The van der Waals surface area contributed by atoms with Gasteiger partial charge in [-0.05, 0) is 12.1 Å². The summed E-state index contributed by atoms with van der Waals surface area (Å²) in [5.74, 6) is -0.648. The lowest BCUT2D eigenvalue weighted by Gasteiger charge is -2.04. The van der Waals surface area contributed by atoms with Crippen molar-refractivity contribution in [2.75, 3.05) is 7.11 Å². The van der Waals surface area contributed by atoms with Gasteiger partial charge >= 0.3 is 0 Å². The number of benzene rings is 1. The molecule has 0 spiro atoms. The van der Waals surface area contributed by atoms with Crippen LogP contribution >= 0.6 is 12.6 Å². The highest BCUT2D eigenvalue weighted by molar-refractivity contribution is 7.80. The van der Waals surface area contributed by atoms with E-state index in [0.29, 0.717) is 4.90 Å². The van der Waals surface area contributed by atoms with Gasteiger partial charge in [0.05, 0.1) is 12.7 Å². The topological polar surface area (TPSA) is 33.0 Å². The first-order valence-corrected chi connectivity index (χ1v) is 3.61. The molecule has 12 heavy (non-hydrogen) atoms. The highest BCUT2D eigenvalue weighted by Gasteiger charge is 2.10. The number of ether oxygens (including phenoxy) is 1. The molecule has 0 aliphatic rings. The Kier molecular flexibility index (Phi) is 2.56. The molecular formula is C8H6FNOS. The molecule has 0 bridgehead atoms. The van der Waals surface area contributed by atoms with Crippen LogP contribution in [-0.4, -0.2) is 7.11 Å². The molecule has 0 N–H and O–H groups in total. The normalized spacial score (nSPS) is 9.17. The number of thiol groups is 1. The maximum Gasteiger partial charge on any atom is 0.183 e. The van der Waals surface area contributed by atoms with E-state index >= 15 is 0 Å². The van der Waals surface area contributed by atoms with Gasteiger partial charge < -0.3 is 4.74 Å². The molecule has 1 aromatic rings. The van der Waals surface area contributed by atoms with E-state index in [1.54, 1.807) is 6.07 Å². The van der Waals surface area contributed by atoms with Crippen LogP contribution in [-0.2, 0) is 0 Å². The van der Waals surface area contributed by atoms with Crippen molar-refractivity contribution in [1.29, 1.82) is 5.26 Å². The number of hydrogen-bond donors (Lipinski definition) is 1. The van der Waals surface area contributed by atoms with Crippen molar-refractivity contribution in [2.45, 2.75) is 4.90 Å². The van der Waals surface area contributed by atoms with E-state index in [-0.39, 0.29) is 11.3 Å². The Morgan fingerprint density at radius 3 is 2.75 bits per heavy atom. The van der Waals surface area contributed by atoms with Crippen molar-refractivity contribution in [2.24, 2.45) is 0 Å². The third-order valence-electron chi connectivity index (χ3n) is 1.40. The molecule has 0 aliphatic carbocycles. The van der Waals surface area contributed by atoms with Crippen molar-refractivity contribution >= 4 is 12.6 Å². The number of nitrogens with zero attached hydrogens (tertiary/aromatic N) is 1. The van der Waals surface area contributed by atoms with Crippen molar-refractivity contribution in [3.8, 4) is 11.8 Å². The summed E-state index contributed by atoms with van der Waals surface area (Å²) >= 11 is 3.96. The van der Waals surface area contributed by atoms with E-state index in [0.717, 1.165) is 0 Å². The zero-order valence-electron chi connectivity index (χ0n) is 6.34. The van der Waals surface area contributed by atoms with Gasteiger partial charge in [-0.3, -0.25) is 0 Å². The van der Waals surface area contributed by atoms with Gasteiger partial charge in [-0.25, -0.2) is 4.39 Å². The van der Waals surface area contributed by atoms with E-state index in [1.165, 1.54) is 19.2 Å². The fourth-order valence-electron chi connectivity index (χ4n) is 0.826. The summed E-state index contributed by atoms with van der Waals surface area (Å²) in [7, 11) is 1.33. The van der Waals surface area contributed by atoms with E-state index in [1.807, 2.05) is 0 Å². The molecule has 0 saturated carbocycles. The van der Waals surface area contributed by atoms with Crippen LogP contribution in [0, 0.1) is 17.1 Å². The van der Waals surface area contributed by atoms with Gasteiger partial charge in [0.1, 0.15) is 6.07 Å². The minimum atomic E-state index is -0.660. The minimum absolute atomic E-state index is 0.0115. The summed E-state index contributed by atoms with van der Waals surface area (Å²) in [6.45, 7) is 0. The van der Waals surface area contributed by atoms with Crippen LogP contribution in [0.3, 0.4) is 0 Å². The molecule has 2 nitrogen and oxygen atoms in total. The third kappa shape index (κ3) is 1.36. The number of halogens is 1. The second-order valence-electron chi connectivity index (χ2n) is 2.09. The number of methoxy groups -OCH3 is 1. The molecule has 0 atom stereocenters. The highest BCUT2D eigenvalue weighted by Crippen LogP contribution is 2.27. The Labute approximate surface area is 75.0 Å². The van der Waals surface area contributed by atoms with E-state index < -0.39 is 5.82 Å². The maximum absolute atomic E-state index is 13.1. The standard InChI is InChI=1S/C8H6FNOS/c1-11-8-6(12)3-2-5(4-10)7(8)9/h2-3,12H,1H3. The van der Waals surface area contributed by atoms with Crippen molar-refractivity contribution in [1.82, 2.24) is 0 Å². The SMILES string of the molecule is COc1c(S)ccc(C#N)c1F. The Morgan fingerprint density at radius 1 is 1.58 bits per heavy atom. The third-order valence-corrected chi connectivity index (χ3v) is 1.75. The molecule has 0 aliphatic heterocycles. The molecule has 4 heteroatoms. The van der Waals surface area contributed by atoms with E-state index in [4.69, 9.17) is 10.00 Å². The van der Waals surface area contributed by atoms with Gasteiger partial charge in [0, 0.05) is 4.90 Å². The summed E-state index contributed by atoms with van der Waals surface area (Å²) in [6.07, 6.45) is 0. The maximum atomic E-state index is 13.1. The van der Waals surface area contributed by atoms with E-state index in [9.17, 15) is 4.39 Å². The van der Waals surface area contributed by atoms with Crippen LogP contribution in [0.5, 0.6) is 5.75 Å². The first-order valence-electron chi connectivity index (χ1n) is 3.16. The average molecular weight is 183 g/mol. The van der Waals surface area contributed by atoms with Crippen LogP contribution in [0.4, 0.5) is 4.39 Å². The predicted octanol–water partition coefficient (Wildman–Crippen LogP) is 1.99.